The fourth-order valence-electron chi connectivity index (χ4n) is 2.45. The van der Waals surface area contributed by atoms with E-state index < -0.39 is 6.09 Å². The molecule has 0 bridgehead atoms. The number of fused-ring (bicyclic) bond motifs is 1. The number of nitriles is 1. The monoisotopic (exact) mass is 281 g/mol. The van der Waals surface area contributed by atoms with E-state index in [1.165, 1.54) is 10.0 Å². The van der Waals surface area contributed by atoms with E-state index in [0.717, 1.165) is 22.8 Å². The van der Waals surface area contributed by atoms with Crippen molar-refractivity contribution in [3.8, 4) is 6.19 Å². The molecule has 1 aliphatic rings. The predicted octanol–water partition coefficient (Wildman–Crippen LogP) is 2.88. The van der Waals surface area contributed by atoms with Gasteiger partial charge in [-0.05, 0) is 28.8 Å². The highest BCUT2D eigenvalue weighted by molar-refractivity contribution is 5.83. The zero-order valence-corrected chi connectivity index (χ0v) is 11.5. The summed E-state index contributed by atoms with van der Waals surface area (Å²) >= 11 is 0. The van der Waals surface area contributed by atoms with Crippen molar-refractivity contribution in [3.05, 3.63) is 48.0 Å². The van der Waals surface area contributed by atoms with Crippen LogP contribution in [0.3, 0.4) is 0 Å². The Kier molecular flexibility index (Phi) is 3.61. The topological polar surface area (TPSA) is 56.6 Å². The van der Waals surface area contributed by atoms with Gasteiger partial charge >= 0.3 is 6.09 Å². The fraction of sp³-hybridized carbons (Fsp3) is 0.250. The number of ether oxygens (including phenoxy) is 1. The SMILES string of the molecule is N#CN1CCCN1C(=O)OCc1ccc2ccccc2c1. The molecule has 1 amide bonds. The second-order valence-corrected chi connectivity index (χ2v) is 4.94. The minimum atomic E-state index is -0.470. The van der Waals surface area contributed by atoms with Crippen LogP contribution < -0.4 is 0 Å². The predicted molar refractivity (Wildman–Crippen MR) is 77.8 cm³/mol. The van der Waals surface area contributed by atoms with Gasteiger partial charge in [0.05, 0.1) is 6.54 Å². The molecule has 0 N–H and O–H groups in total. The molecule has 1 heterocycles. The van der Waals surface area contributed by atoms with E-state index in [1.54, 1.807) is 0 Å². The molecule has 5 heteroatoms. The number of hydrogen-bond donors (Lipinski definition) is 0. The highest BCUT2D eigenvalue weighted by Crippen LogP contribution is 2.17. The lowest BCUT2D eigenvalue weighted by Gasteiger charge is -2.21. The van der Waals surface area contributed by atoms with Crippen LogP contribution in [0.1, 0.15) is 12.0 Å². The number of benzene rings is 2. The lowest BCUT2D eigenvalue weighted by Crippen LogP contribution is -2.38. The van der Waals surface area contributed by atoms with Gasteiger partial charge < -0.3 is 4.74 Å². The van der Waals surface area contributed by atoms with Crippen LogP contribution >= 0.6 is 0 Å². The van der Waals surface area contributed by atoms with Crippen molar-refractivity contribution in [2.24, 2.45) is 0 Å². The first-order chi connectivity index (χ1) is 10.3. The lowest BCUT2D eigenvalue weighted by molar-refractivity contribution is 0.0422. The van der Waals surface area contributed by atoms with Gasteiger partial charge in [0, 0.05) is 6.54 Å². The number of rotatable bonds is 2. The number of carbonyl (C=O) groups excluding carboxylic acids is 1. The summed E-state index contributed by atoms with van der Waals surface area (Å²) < 4.78 is 5.29. The Hall–Kier alpha value is -2.74. The first-order valence-corrected chi connectivity index (χ1v) is 6.87. The third-order valence-electron chi connectivity index (χ3n) is 3.53. The van der Waals surface area contributed by atoms with Crippen LogP contribution in [0.5, 0.6) is 0 Å². The van der Waals surface area contributed by atoms with Crippen LogP contribution in [0.2, 0.25) is 0 Å². The molecule has 1 fully saturated rings. The molecule has 0 spiro atoms. The minimum absolute atomic E-state index is 0.208. The van der Waals surface area contributed by atoms with Gasteiger partial charge in [0.25, 0.3) is 0 Å². The van der Waals surface area contributed by atoms with Crippen molar-refractivity contribution < 1.29 is 9.53 Å². The Bertz CT molecular complexity index is 708. The van der Waals surface area contributed by atoms with E-state index in [2.05, 4.69) is 0 Å². The Morgan fingerprint density at radius 3 is 2.81 bits per heavy atom. The third kappa shape index (κ3) is 2.75. The molecule has 21 heavy (non-hydrogen) atoms. The molecule has 0 aromatic heterocycles. The van der Waals surface area contributed by atoms with Crippen LogP contribution in [0.15, 0.2) is 42.5 Å². The van der Waals surface area contributed by atoms with Gasteiger partial charge in [0.2, 0.25) is 0 Å². The largest absolute Gasteiger partial charge is 0.443 e. The second-order valence-electron chi connectivity index (χ2n) is 4.94. The second kappa shape index (κ2) is 5.71. The summed E-state index contributed by atoms with van der Waals surface area (Å²) in [6, 6.07) is 14.0. The number of hydrazine groups is 1. The average molecular weight is 281 g/mol. The van der Waals surface area contributed by atoms with Gasteiger partial charge in [-0.3, -0.25) is 0 Å². The van der Waals surface area contributed by atoms with Crippen molar-refractivity contribution in [2.45, 2.75) is 13.0 Å². The van der Waals surface area contributed by atoms with E-state index in [-0.39, 0.29) is 6.61 Å². The fourth-order valence-corrected chi connectivity index (χ4v) is 2.45. The molecule has 0 unspecified atom stereocenters. The van der Waals surface area contributed by atoms with Gasteiger partial charge in [0.15, 0.2) is 6.19 Å². The van der Waals surface area contributed by atoms with Crippen LogP contribution in [-0.2, 0) is 11.3 Å². The highest BCUT2D eigenvalue weighted by atomic mass is 16.6. The summed E-state index contributed by atoms with van der Waals surface area (Å²) in [6.07, 6.45) is 2.30. The lowest BCUT2D eigenvalue weighted by atomic mass is 10.1. The standard InChI is InChI=1S/C16H15N3O2/c17-12-18-8-3-9-19(18)16(20)21-11-13-6-7-14-4-1-2-5-15(14)10-13/h1-2,4-7,10H,3,8-9,11H2. The summed E-state index contributed by atoms with van der Waals surface area (Å²) in [7, 11) is 0. The quantitative estimate of drug-likeness (QED) is 0.794. The zero-order valence-electron chi connectivity index (χ0n) is 11.5. The number of nitrogens with zero attached hydrogens (tertiary/aromatic N) is 3. The molecular weight excluding hydrogens is 266 g/mol. The zero-order chi connectivity index (χ0) is 14.7. The van der Waals surface area contributed by atoms with Gasteiger partial charge in [0.1, 0.15) is 6.61 Å². The number of hydrogen-bond acceptors (Lipinski definition) is 4. The molecule has 2 aromatic rings. The minimum Gasteiger partial charge on any atom is -0.443 e. The molecule has 0 aliphatic carbocycles. The van der Waals surface area contributed by atoms with Gasteiger partial charge in [-0.15, -0.1) is 0 Å². The van der Waals surface area contributed by atoms with Crippen molar-refractivity contribution in [1.82, 2.24) is 10.0 Å². The summed E-state index contributed by atoms with van der Waals surface area (Å²) in [6.45, 7) is 1.31. The van der Waals surface area contributed by atoms with Crippen molar-refractivity contribution in [2.75, 3.05) is 13.1 Å². The Labute approximate surface area is 122 Å². The number of carbonyl (C=O) groups is 1. The summed E-state index contributed by atoms with van der Waals surface area (Å²) in [5.74, 6) is 0. The van der Waals surface area contributed by atoms with Crippen LogP contribution in [-0.4, -0.2) is 29.2 Å². The summed E-state index contributed by atoms with van der Waals surface area (Å²) in [4.78, 5) is 12.0. The van der Waals surface area contributed by atoms with Gasteiger partial charge in [-0.2, -0.15) is 5.26 Å². The average Bonchev–Trinajstić information content (AvgIpc) is 3.01. The maximum atomic E-state index is 12.0. The Balaban J connectivity index is 1.66. The van der Waals surface area contributed by atoms with E-state index in [4.69, 9.17) is 10.00 Å². The van der Waals surface area contributed by atoms with Crippen molar-refractivity contribution >= 4 is 16.9 Å². The highest BCUT2D eigenvalue weighted by Gasteiger charge is 2.26. The molecule has 106 valence electrons. The smallest absolute Gasteiger partial charge is 0.429 e. The molecule has 2 aromatic carbocycles. The van der Waals surface area contributed by atoms with E-state index >= 15 is 0 Å². The van der Waals surface area contributed by atoms with Gasteiger partial charge in [-0.1, -0.05) is 36.4 Å². The maximum Gasteiger partial charge on any atom is 0.429 e. The Morgan fingerprint density at radius 1 is 1.19 bits per heavy atom. The first kappa shape index (κ1) is 13.3. The molecule has 3 rings (SSSR count). The first-order valence-electron chi connectivity index (χ1n) is 6.87. The molecule has 0 radical (unpaired) electrons. The molecule has 0 atom stereocenters. The summed E-state index contributed by atoms with van der Waals surface area (Å²) in [5, 5.41) is 13.9. The maximum absolute atomic E-state index is 12.0. The van der Waals surface area contributed by atoms with Crippen LogP contribution in [0, 0.1) is 11.5 Å². The molecular formula is C16H15N3O2. The van der Waals surface area contributed by atoms with E-state index in [0.29, 0.717) is 13.1 Å². The molecule has 5 nitrogen and oxygen atoms in total. The van der Waals surface area contributed by atoms with Crippen molar-refractivity contribution in [3.63, 3.8) is 0 Å². The van der Waals surface area contributed by atoms with Gasteiger partial charge in [-0.25, -0.2) is 14.8 Å². The van der Waals surface area contributed by atoms with E-state index in [9.17, 15) is 4.79 Å². The van der Waals surface area contributed by atoms with E-state index in [1.807, 2.05) is 48.7 Å². The summed E-state index contributed by atoms with van der Waals surface area (Å²) in [5.41, 5.74) is 0.935. The van der Waals surface area contributed by atoms with Crippen LogP contribution in [0.25, 0.3) is 10.8 Å². The molecule has 0 saturated carbocycles. The molecule has 1 saturated heterocycles. The number of amides is 1. The van der Waals surface area contributed by atoms with Crippen molar-refractivity contribution in [1.29, 1.82) is 5.26 Å². The third-order valence-corrected chi connectivity index (χ3v) is 3.53. The normalized spacial score (nSPS) is 14.2. The molecule has 1 aliphatic heterocycles. The Morgan fingerprint density at radius 2 is 2.00 bits per heavy atom. The van der Waals surface area contributed by atoms with Crippen LogP contribution in [0.4, 0.5) is 4.79 Å².